The van der Waals surface area contributed by atoms with Gasteiger partial charge in [-0.3, -0.25) is 4.79 Å². The van der Waals surface area contributed by atoms with E-state index in [9.17, 15) is 18.0 Å². The predicted molar refractivity (Wildman–Crippen MR) is 71.7 cm³/mol. The average Bonchev–Trinajstić information content (AvgIpc) is 2.46. The molecule has 0 aromatic heterocycles. The van der Waals surface area contributed by atoms with Gasteiger partial charge in [-0.15, -0.1) is 0 Å². The van der Waals surface area contributed by atoms with Gasteiger partial charge in [0.15, 0.2) is 0 Å². The number of nitrogens with zero attached hydrogens (tertiary/aromatic N) is 1. The van der Waals surface area contributed by atoms with Crippen LogP contribution in [0.5, 0.6) is 0 Å². The first-order valence-electron chi connectivity index (χ1n) is 7.55. The Kier molecular flexibility index (Phi) is 5.48. The second-order valence-electron chi connectivity index (χ2n) is 5.87. The molecule has 1 amide bonds. The highest BCUT2D eigenvalue weighted by atomic mass is 19.4. The summed E-state index contributed by atoms with van der Waals surface area (Å²) in [5, 5.41) is 2.97. The first-order chi connectivity index (χ1) is 9.93. The monoisotopic (exact) mass is 308 g/mol. The zero-order valence-electron chi connectivity index (χ0n) is 12.3. The lowest BCUT2D eigenvalue weighted by Crippen LogP contribution is -2.52. The van der Waals surface area contributed by atoms with E-state index in [1.165, 1.54) is 0 Å². The summed E-state index contributed by atoms with van der Waals surface area (Å²) in [5.74, 6) is -2.74. The molecule has 1 heterocycles. The number of rotatable bonds is 3. The number of nitrogens with one attached hydrogen (secondary N) is 1. The summed E-state index contributed by atoms with van der Waals surface area (Å²) < 4.78 is 44.8. The zero-order chi connectivity index (χ0) is 15.5. The highest BCUT2D eigenvalue weighted by Crippen LogP contribution is 2.42. The molecule has 0 radical (unpaired) electrons. The lowest BCUT2D eigenvalue weighted by atomic mass is 9.78. The third-order valence-corrected chi connectivity index (χ3v) is 4.39. The van der Waals surface area contributed by atoms with Crippen LogP contribution in [0.4, 0.5) is 13.2 Å². The molecule has 0 aromatic carbocycles. The Morgan fingerprint density at radius 1 is 1.33 bits per heavy atom. The standard InChI is InChI=1S/C14H23F3N2O2/c1-18-8-10-9-19(6-7-21-10)13(20)11-4-2-3-5-12(11)14(15,16)17/h10-12,18H,2-9H2,1H3. The molecule has 1 aliphatic heterocycles. The summed E-state index contributed by atoms with van der Waals surface area (Å²) in [6.45, 7) is 1.75. The molecule has 122 valence electrons. The number of hydrogen-bond donors (Lipinski definition) is 1. The second kappa shape index (κ2) is 6.96. The summed E-state index contributed by atoms with van der Waals surface area (Å²) in [4.78, 5) is 14.1. The molecule has 1 N–H and O–H groups in total. The topological polar surface area (TPSA) is 41.6 Å². The fraction of sp³-hybridized carbons (Fsp3) is 0.929. The van der Waals surface area contributed by atoms with Gasteiger partial charge >= 0.3 is 6.18 Å². The van der Waals surface area contributed by atoms with Gasteiger partial charge in [0.2, 0.25) is 5.91 Å². The van der Waals surface area contributed by atoms with Crippen LogP contribution in [-0.2, 0) is 9.53 Å². The number of amides is 1. The number of alkyl halides is 3. The maximum absolute atomic E-state index is 13.1. The van der Waals surface area contributed by atoms with Crippen molar-refractivity contribution >= 4 is 5.91 Å². The van der Waals surface area contributed by atoms with E-state index in [4.69, 9.17) is 4.74 Å². The van der Waals surface area contributed by atoms with Crippen molar-refractivity contribution in [3.63, 3.8) is 0 Å². The molecule has 4 nitrogen and oxygen atoms in total. The molecule has 3 unspecified atom stereocenters. The molecule has 2 aliphatic rings. The summed E-state index contributed by atoms with van der Waals surface area (Å²) in [6.07, 6.45) is -2.74. The highest BCUT2D eigenvalue weighted by molar-refractivity contribution is 5.79. The Morgan fingerprint density at radius 3 is 2.71 bits per heavy atom. The van der Waals surface area contributed by atoms with Crippen molar-refractivity contribution in [2.45, 2.75) is 38.0 Å². The minimum atomic E-state index is -4.28. The number of hydrogen-bond acceptors (Lipinski definition) is 3. The lowest BCUT2D eigenvalue weighted by molar-refractivity contribution is -0.202. The van der Waals surface area contributed by atoms with Crippen molar-refractivity contribution < 1.29 is 22.7 Å². The molecule has 3 atom stereocenters. The molecular formula is C14H23F3N2O2. The highest BCUT2D eigenvalue weighted by Gasteiger charge is 2.49. The SMILES string of the molecule is CNCC1CN(C(=O)C2CCCCC2C(F)(F)F)CCO1. The number of carbonyl (C=O) groups is 1. The molecule has 2 rings (SSSR count). The van der Waals surface area contributed by atoms with Gasteiger partial charge in [0, 0.05) is 25.6 Å². The van der Waals surface area contributed by atoms with E-state index in [-0.39, 0.29) is 18.4 Å². The molecule has 0 bridgehead atoms. The molecule has 0 spiro atoms. The summed E-state index contributed by atoms with van der Waals surface area (Å²) in [7, 11) is 1.78. The Labute approximate surface area is 123 Å². The molecule has 0 aromatic rings. The summed E-state index contributed by atoms with van der Waals surface area (Å²) in [5.41, 5.74) is 0. The largest absolute Gasteiger partial charge is 0.392 e. The first kappa shape index (κ1) is 16.5. The van der Waals surface area contributed by atoms with Crippen LogP contribution >= 0.6 is 0 Å². The van der Waals surface area contributed by atoms with Gasteiger partial charge in [-0.05, 0) is 19.9 Å². The van der Waals surface area contributed by atoms with Crippen LogP contribution in [0.3, 0.4) is 0 Å². The van der Waals surface area contributed by atoms with Gasteiger partial charge in [0.05, 0.1) is 18.6 Å². The molecular weight excluding hydrogens is 285 g/mol. The summed E-state index contributed by atoms with van der Waals surface area (Å²) >= 11 is 0. The van der Waals surface area contributed by atoms with Gasteiger partial charge in [-0.1, -0.05) is 12.8 Å². The maximum Gasteiger partial charge on any atom is 0.392 e. The number of likely N-dealkylation sites (N-methyl/N-ethyl adjacent to an activating group) is 1. The number of halogens is 3. The fourth-order valence-corrected chi connectivity index (χ4v) is 3.32. The van der Waals surface area contributed by atoms with Crippen molar-refractivity contribution in [2.75, 3.05) is 33.3 Å². The maximum atomic E-state index is 13.1. The second-order valence-corrected chi connectivity index (χ2v) is 5.87. The van der Waals surface area contributed by atoms with E-state index in [2.05, 4.69) is 5.32 Å². The zero-order valence-corrected chi connectivity index (χ0v) is 12.3. The summed E-state index contributed by atoms with van der Waals surface area (Å²) in [6, 6.07) is 0. The molecule has 21 heavy (non-hydrogen) atoms. The van der Waals surface area contributed by atoms with Gasteiger partial charge < -0.3 is 15.0 Å². The average molecular weight is 308 g/mol. The smallest absolute Gasteiger partial charge is 0.373 e. The fourth-order valence-electron chi connectivity index (χ4n) is 3.32. The Bertz CT molecular complexity index is 361. The van der Waals surface area contributed by atoms with Gasteiger partial charge in [0.25, 0.3) is 0 Å². The third kappa shape index (κ3) is 4.10. The normalized spacial score (nSPS) is 31.2. The number of carbonyl (C=O) groups excluding carboxylic acids is 1. The molecule has 7 heteroatoms. The van der Waals surface area contributed by atoms with E-state index >= 15 is 0 Å². The van der Waals surface area contributed by atoms with E-state index in [0.717, 1.165) is 0 Å². The Hall–Kier alpha value is -0.820. The minimum absolute atomic E-state index is 0.0736. The molecule has 1 saturated carbocycles. The van der Waals surface area contributed by atoms with Crippen LogP contribution in [0.2, 0.25) is 0 Å². The molecule has 1 saturated heterocycles. The number of morpholine rings is 1. The first-order valence-corrected chi connectivity index (χ1v) is 7.55. The number of ether oxygens (including phenoxy) is 1. The van der Waals surface area contributed by atoms with Crippen LogP contribution in [-0.4, -0.2) is 56.4 Å². The Morgan fingerprint density at radius 2 is 2.05 bits per heavy atom. The van der Waals surface area contributed by atoms with Crippen molar-refractivity contribution in [2.24, 2.45) is 11.8 Å². The predicted octanol–water partition coefficient (Wildman–Crippen LogP) is 1.80. The third-order valence-electron chi connectivity index (χ3n) is 4.39. The van der Waals surface area contributed by atoms with Crippen molar-refractivity contribution in [3.8, 4) is 0 Å². The van der Waals surface area contributed by atoms with Crippen LogP contribution in [0, 0.1) is 11.8 Å². The van der Waals surface area contributed by atoms with Gasteiger partial charge in [-0.2, -0.15) is 13.2 Å². The van der Waals surface area contributed by atoms with E-state index in [1.807, 2.05) is 0 Å². The van der Waals surface area contributed by atoms with E-state index in [0.29, 0.717) is 45.5 Å². The van der Waals surface area contributed by atoms with Crippen LogP contribution in [0.1, 0.15) is 25.7 Å². The van der Waals surface area contributed by atoms with Crippen LogP contribution in [0.25, 0.3) is 0 Å². The lowest BCUT2D eigenvalue weighted by Gasteiger charge is -2.39. The molecule has 1 aliphatic carbocycles. The van der Waals surface area contributed by atoms with Crippen molar-refractivity contribution in [1.29, 1.82) is 0 Å². The molecule has 2 fully saturated rings. The van der Waals surface area contributed by atoms with E-state index < -0.39 is 18.0 Å². The van der Waals surface area contributed by atoms with Crippen LogP contribution in [0.15, 0.2) is 0 Å². The Balaban J connectivity index is 2.03. The van der Waals surface area contributed by atoms with Crippen LogP contribution < -0.4 is 5.32 Å². The van der Waals surface area contributed by atoms with Crippen molar-refractivity contribution in [3.05, 3.63) is 0 Å². The quantitative estimate of drug-likeness (QED) is 0.864. The van der Waals surface area contributed by atoms with E-state index in [1.54, 1.807) is 11.9 Å². The van der Waals surface area contributed by atoms with Gasteiger partial charge in [-0.25, -0.2) is 0 Å². The van der Waals surface area contributed by atoms with Crippen molar-refractivity contribution in [1.82, 2.24) is 10.2 Å². The van der Waals surface area contributed by atoms with Gasteiger partial charge in [0.1, 0.15) is 0 Å². The minimum Gasteiger partial charge on any atom is -0.373 e.